The summed E-state index contributed by atoms with van der Waals surface area (Å²) >= 11 is 1.49. The van der Waals surface area contributed by atoms with E-state index < -0.39 is 10.0 Å². The van der Waals surface area contributed by atoms with Crippen LogP contribution in [0.3, 0.4) is 0 Å². The fourth-order valence-electron chi connectivity index (χ4n) is 1.72. The van der Waals surface area contributed by atoms with Gasteiger partial charge in [-0.2, -0.15) is 11.8 Å². The number of carbonyl (C=O) groups excluding carboxylic acids is 1. The molecule has 2 N–H and O–H groups in total. The van der Waals surface area contributed by atoms with Gasteiger partial charge in [0.15, 0.2) is 0 Å². The molecule has 0 aromatic heterocycles. The van der Waals surface area contributed by atoms with Crippen LogP contribution in [0.2, 0.25) is 0 Å². The predicted octanol–water partition coefficient (Wildman–Crippen LogP) is 1.49. The lowest BCUT2D eigenvalue weighted by molar-refractivity contribution is -0.120. The fourth-order valence-corrected chi connectivity index (χ4v) is 3.32. The lowest BCUT2D eigenvalue weighted by Crippen LogP contribution is -2.30. The molecular weight excluding hydrogens is 308 g/mol. The molecule has 21 heavy (non-hydrogen) atoms. The average molecular weight is 328 g/mol. The van der Waals surface area contributed by atoms with Crippen LogP contribution >= 0.6 is 11.8 Å². The second-order valence-electron chi connectivity index (χ2n) is 5.14. The molecule has 0 aliphatic heterocycles. The quantitative estimate of drug-likeness (QED) is 0.795. The Labute approximate surface area is 129 Å². The molecule has 5 nitrogen and oxygen atoms in total. The molecule has 1 saturated carbocycles. The number of benzene rings is 1. The molecule has 0 spiro atoms. The molecule has 0 heterocycles. The molecule has 7 heteroatoms. The van der Waals surface area contributed by atoms with Crippen molar-refractivity contribution in [2.75, 3.05) is 6.26 Å². The Morgan fingerprint density at radius 2 is 1.95 bits per heavy atom. The minimum absolute atomic E-state index is 0.0189. The van der Waals surface area contributed by atoms with Crippen molar-refractivity contribution >= 4 is 27.7 Å². The van der Waals surface area contributed by atoms with Crippen molar-refractivity contribution in [2.24, 2.45) is 0 Å². The zero-order chi connectivity index (χ0) is 15.5. The molecule has 116 valence electrons. The second-order valence-corrected chi connectivity index (χ2v) is 8.03. The number of hydrogen-bond acceptors (Lipinski definition) is 4. The molecule has 0 radical (unpaired) electrons. The van der Waals surface area contributed by atoms with Gasteiger partial charge in [0.2, 0.25) is 15.9 Å². The summed E-state index contributed by atoms with van der Waals surface area (Å²) in [5.41, 5.74) is 0.877. The summed E-state index contributed by atoms with van der Waals surface area (Å²) in [4.78, 5) is 11.9. The summed E-state index contributed by atoms with van der Waals surface area (Å²) in [6, 6.07) is 6.70. The van der Waals surface area contributed by atoms with Gasteiger partial charge in [-0.25, -0.2) is 13.1 Å². The smallest absolute Gasteiger partial charge is 0.240 e. The third kappa shape index (κ3) is 4.72. The molecule has 1 fully saturated rings. The van der Waals surface area contributed by atoms with Crippen LogP contribution in [0.4, 0.5) is 0 Å². The third-order valence-electron chi connectivity index (χ3n) is 3.32. The van der Waals surface area contributed by atoms with Gasteiger partial charge < -0.3 is 5.32 Å². The van der Waals surface area contributed by atoms with Crippen molar-refractivity contribution in [1.29, 1.82) is 0 Å². The summed E-state index contributed by atoms with van der Waals surface area (Å²) in [5.74, 6) is -0.0189. The van der Waals surface area contributed by atoms with Crippen molar-refractivity contribution in [3.63, 3.8) is 0 Å². The van der Waals surface area contributed by atoms with Gasteiger partial charge in [0, 0.05) is 12.6 Å². The van der Waals surface area contributed by atoms with Crippen LogP contribution in [0.15, 0.2) is 29.2 Å². The maximum Gasteiger partial charge on any atom is 0.240 e. The Morgan fingerprint density at radius 1 is 1.33 bits per heavy atom. The Balaban J connectivity index is 1.94. The lowest BCUT2D eigenvalue weighted by atomic mass is 10.2. The Morgan fingerprint density at radius 3 is 2.48 bits per heavy atom. The first-order chi connectivity index (χ1) is 9.92. The zero-order valence-electron chi connectivity index (χ0n) is 12.1. The summed E-state index contributed by atoms with van der Waals surface area (Å²) in [6.07, 6.45) is 3.71. The van der Waals surface area contributed by atoms with E-state index in [0.717, 1.165) is 18.4 Å². The Kier molecular flexibility index (Phi) is 5.29. The number of nitrogens with one attached hydrogen (secondary N) is 2. The molecule has 0 bridgehead atoms. The fraction of sp³-hybridized carbons (Fsp3) is 0.500. The Hall–Kier alpha value is -1.05. The monoisotopic (exact) mass is 328 g/mol. The standard InChI is InChI=1S/C14H20N2O3S2/c1-10(20-2)14(17)15-9-11-3-7-13(8-4-11)21(18,19)16-12-5-6-12/h3-4,7-8,10,12,16H,5-6,9H2,1-2H3,(H,15,17)/t10-/m1/s1. The van der Waals surface area contributed by atoms with Gasteiger partial charge in [0.25, 0.3) is 0 Å². The van der Waals surface area contributed by atoms with E-state index in [1.165, 1.54) is 11.8 Å². The van der Waals surface area contributed by atoms with Crippen molar-refractivity contribution in [3.8, 4) is 0 Å². The maximum absolute atomic E-state index is 12.0. The molecule has 2 rings (SSSR count). The van der Waals surface area contributed by atoms with E-state index in [0.29, 0.717) is 6.54 Å². The summed E-state index contributed by atoms with van der Waals surface area (Å²) in [7, 11) is -3.40. The molecule has 0 unspecified atom stereocenters. The van der Waals surface area contributed by atoms with Crippen LogP contribution in [0, 0.1) is 0 Å². The molecule has 1 aliphatic rings. The number of amides is 1. The largest absolute Gasteiger partial charge is 0.351 e. The van der Waals surface area contributed by atoms with Crippen molar-refractivity contribution in [3.05, 3.63) is 29.8 Å². The van der Waals surface area contributed by atoms with Crippen molar-refractivity contribution in [1.82, 2.24) is 10.0 Å². The number of hydrogen-bond donors (Lipinski definition) is 2. The first-order valence-corrected chi connectivity index (χ1v) is 9.61. The van der Waals surface area contributed by atoms with E-state index in [1.54, 1.807) is 24.3 Å². The van der Waals surface area contributed by atoms with Crippen LogP contribution in [0.1, 0.15) is 25.3 Å². The molecule has 1 atom stereocenters. The summed E-state index contributed by atoms with van der Waals surface area (Å²) < 4.78 is 26.6. The van der Waals surface area contributed by atoms with Gasteiger partial charge in [-0.05, 0) is 43.7 Å². The highest BCUT2D eigenvalue weighted by Crippen LogP contribution is 2.22. The molecule has 1 aliphatic carbocycles. The summed E-state index contributed by atoms with van der Waals surface area (Å²) in [5, 5.41) is 2.73. The van der Waals surface area contributed by atoms with Crippen LogP contribution < -0.4 is 10.0 Å². The lowest BCUT2D eigenvalue weighted by Gasteiger charge is -2.10. The van der Waals surface area contributed by atoms with Crippen LogP contribution in [-0.4, -0.2) is 31.9 Å². The van der Waals surface area contributed by atoms with Crippen LogP contribution in [0.5, 0.6) is 0 Å². The molecular formula is C14H20N2O3S2. The van der Waals surface area contributed by atoms with Gasteiger partial charge in [-0.3, -0.25) is 4.79 Å². The van der Waals surface area contributed by atoms with E-state index in [-0.39, 0.29) is 22.1 Å². The van der Waals surface area contributed by atoms with Crippen LogP contribution in [0.25, 0.3) is 0 Å². The number of rotatable bonds is 7. The minimum Gasteiger partial charge on any atom is -0.351 e. The van der Waals surface area contributed by atoms with E-state index in [2.05, 4.69) is 10.0 Å². The summed E-state index contributed by atoms with van der Waals surface area (Å²) in [6.45, 7) is 2.25. The Bertz CT molecular complexity index is 595. The highest BCUT2D eigenvalue weighted by atomic mass is 32.2. The van der Waals surface area contributed by atoms with E-state index >= 15 is 0 Å². The zero-order valence-corrected chi connectivity index (χ0v) is 13.8. The number of sulfonamides is 1. The number of carbonyl (C=O) groups is 1. The van der Waals surface area contributed by atoms with Crippen LogP contribution in [-0.2, 0) is 21.4 Å². The van der Waals surface area contributed by atoms with Gasteiger partial charge in [0.05, 0.1) is 10.1 Å². The average Bonchev–Trinajstić information content (AvgIpc) is 3.27. The third-order valence-corrected chi connectivity index (χ3v) is 5.78. The molecule has 1 amide bonds. The highest BCUT2D eigenvalue weighted by Gasteiger charge is 2.27. The SMILES string of the molecule is CS[C@H](C)C(=O)NCc1ccc(S(=O)(=O)NC2CC2)cc1. The van der Waals surface area contributed by atoms with E-state index in [4.69, 9.17) is 0 Å². The molecule has 1 aromatic carbocycles. The van der Waals surface area contributed by atoms with Gasteiger partial charge >= 0.3 is 0 Å². The first-order valence-electron chi connectivity index (χ1n) is 6.84. The van der Waals surface area contributed by atoms with Crippen molar-refractivity contribution in [2.45, 2.75) is 42.5 Å². The van der Waals surface area contributed by atoms with Gasteiger partial charge in [0.1, 0.15) is 0 Å². The number of thioether (sulfide) groups is 1. The normalized spacial score (nSPS) is 16.5. The maximum atomic E-state index is 12.0. The highest BCUT2D eigenvalue weighted by molar-refractivity contribution is 7.99. The van der Waals surface area contributed by atoms with E-state index in [9.17, 15) is 13.2 Å². The van der Waals surface area contributed by atoms with Gasteiger partial charge in [-0.1, -0.05) is 12.1 Å². The minimum atomic E-state index is -3.40. The first kappa shape index (κ1) is 16.3. The van der Waals surface area contributed by atoms with Gasteiger partial charge in [-0.15, -0.1) is 0 Å². The molecule has 0 saturated heterocycles. The topological polar surface area (TPSA) is 75.3 Å². The predicted molar refractivity (Wildman–Crippen MR) is 84.6 cm³/mol. The van der Waals surface area contributed by atoms with Crippen molar-refractivity contribution < 1.29 is 13.2 Å². The van der Waals surface area contributed by atoms with E-state index in [1.807, 2.05) is 13.2 Å². The second kappa shape index (κ2) is 6.81. The molecule has 1 aromatic rings.